The van der Waals surface area contributed by atoms with Gasteiger partial charge in [-0.15, -0.1) is 11.3 Å². The van der Waals surface area contributed by atoms with Crippen molar-refractivity contribution in [3.63, 3.8) is 0 Å². The van der Waals surface area contributed by atoms with Gasteiger partial charge in [0.05, 0.1) is 18.7 Å². The van der Waals surface area contributed by atoms with Crippen LogP contribution in [-0.4, -0.2) is 39.8 Å². The van der Waals surface area contributed by atoms with Crippen LogP contribution in [0, 0.1) is 0 Å². The molecule has 1 aliphatic carbocycles. The van der Waals surface area contributed by atoms with E-state index in [2.05, 4.69) is 15.3 Å². The van der Waals surface area contributed by atoms with E-state index in [4.69, 9.17) is 4.74 Å². The van der Waals surface area contributed by atoms with Gasteiger partial charge in [0.15, 0.2) is 5.16 Å². The molecule has 3 N–H and O–H groups in total. The largest absolute Gasteiger partial charge is 0.493 e. The average molecular weight is 409 g/mol. The maximum atomic E-state index is 12.3. The highest BCUT2D eigenvalue weighted by molar-refractivity contribution is 7.99. The van der Waals surface area contributed by atoms with Crippen LogP contribution in [-0.2, 0) is 22.4 Å². The number of fused-ring (bicyclic) bond motifs is 1. The van der Waals surface area contributed by atoms with Gasteiger partial charge >= 0.3 is 5.97 Å². The van der Waals surface area contributed by atoms with Crippen LogP contribution in [0.25, 0.3) is 0 Å². The van der Waals surface area contributed by atoms with Gasteiger partial charge in [-0.05, 0) is 31.2 Å². The number of methoxy groups -OCH3 is 1. The van der Waals surface area contributed by atoms with Crippen molar-refractivity contribution < 1.29 is 19.4 Å². The first-order valence-corrected chi connectivity index (χ1v) is 10.2. The van der Waals surface area contributed by atoms with Crippen molar-refractivity contribution in [1.82, 2.24) is 9.97 Å². The second-order valence-electron chi connectivity index (χ2n) is 5.96. The number of carbonyl (C=O) groups excluding carboxylic acids is 2. The van der Waals surface area contributed by atoms with Crippen LogP contribution in [0.15, 0.2) is 16.0 Å². The maximum Gasteiger partial charge on any atom is 0.341 e. The second-order valence-corrected chi connectivity index (χ2v) is 8.15. The van der Waals surface area contributed by atoms with Crippen LogP contribution in [0.3, 0.4) is 0 Å². The topological polar surface area (TPSA) is 121 Å². The Morgan fingerprint density at radius 3 is 2.93 bits per heavy atom. The van der Waals surface area contributed by atoms with Gasteiger partial charge in [0.1, 0.15) is 5.00 Å². The molecule has 10 heteroatoms. The molecule has 0 atom stereocenters. The van der Waals surface area contributed by atoms with Crippen LogP contribution < -0.4 is 10.9 Å². The lowest BCUT2D eigenvalue weighted by Crippen LogP contribution is -2.15. The number of hydrogen-bond acceptors (Lipinski definition) is 8. The number of nitrogens with one attached hydrogen (secondary N) is 2. The molecule has 0 saturated carbocycles. The van der Waals surface area contributed by atoms with Gasteiger partial charge in [0, 0.05) is 17.1 Å². The molecule has 144 valence electrons. The molecule has 0 aromatic carbocycles. The minimum Gasteiger partial charge on any atom is -0.493 e. The van der Waals surface area contributed by atoms with E-state index in [9.17, 15) is 19.5 Å². The Balaban J connectivity index is 1.64. The molecular formula is C17H19N3O5S2. The van der Waals surface area contributed by atoms with Crippen LogP contribution in [0.1, 0.15) is 40.1 Å². The zero-order valence-electron chi connectivity index (χ0n) is 14.7. The number of esters is 1. The molecule has 27 heavy (non-hydrogen) atoms. The Kier molecular flexibility index (Phi) is 6.17. The van der Waals surface area contributed by atoms with E-state index in [1.54, 1.807) is 0 Å². The molecule has 0 unspecified atom stereocenters. The number of aromatic nitrogens is 2. The fraction of sp³-hybridized carbons (Fsp3) is 0.412. The summed E-state index contributed by atoms with van der Waals surface area (Å²) in [6.07, 6.45) is 3.98. The molecule has 0 bridgehead atoms. The minimum absolute atomic E-state index is 0.160. The number of aromatic hydroxyl groups is 1. The Morgan fingerprint density at radius 2 is 2.19 bits per heavy atom. The number of carbonyl (C=O) groups is 2. The summed E-state index contributed by atoms with van der Waals surface area (Å²) in [6.45, 7) is 0. The molecule has 2 aromatic heterocycles. The fourth-order valence-electron chi connectivity index (χ4n) is 2.89. The molecule has 0 radical (unpaired) electrons. The maximum absolute atomic E-state index is 12.3. The van der Waals surface area contributed by atoms with E-state index in [1.165, 1.54) is 18.4 Å². The van der Waals surface area contributed by atoms with Gasteiger partial charge in [0.25, 0.3) is 5.56 Å². The molecule has 2 heterocycles. The van der Waals surface area contributed by atoms with Crippen molar-refractivity contribution in [3.8, 4) is 5.88 Å². The lowest BCUT2D eigenvalue weighted by atomic mass is 9.95. The van der Waals surface area contributed by atoms with Crippen molar-refractivity contribution >= 4 is 40.0 Å². The summed E-state index contributed by atoms with van der Waals surface area (Å²) in [5, 5.41) is 12.9. The van der Waals surface area contributed by atoms with E-state index in [1.807, 2.05) is 0 Å². The first kappa shape index (κ1) is 19.4. The highest BCUT2D eigenvalue weighted by Gasteiger charge is 2.26. The Hall–Kier alpha value is -2.33. The van der Waals surface area contributed by atoms with Crippen molar-refractivity contribution in [2.24, 2.45) is 0 Å². The van der Waals surface area contributed by atoms with E-state index >= 15 is 0 Å². The third kappa shape index (κ3) is 4.69. The highest BCUT2D eigenvalue weighted by atomic mass is 32.2. The number of H-pyrrole nitrogens is 1. The quantitative estimate of drug-likeness (QED) is 0.380. The van der Waals surface area contributed by atoms with Gasteiger partial charge in [0.2, 0.25) is 11.8 Å². The van der Waals surface area contributed by atoms with Gasteiger partial charge in [-0.2, -0.15) is 4.98 Å². The Morgan fingerprint density at radius 1 is 1.41 bits per heavy atom. The number of anilines is 1. The number of amides is 1. The average Bonchev–Trinajstić information content (AvgIpc) is 2.98. The highest BCUT2D eigenvalue weighted by Crippen LogP contribution is 2.38. The smallest absolute Gasteiger partial charge is 0.341 e. The molecule has 0 aliphatic heterocycles. The first-order chi connectivity index (χ1) is 13.0. The molecule has 1 amide bonds. The van der Waals surface area contributed by atoms with Crippen LogP contribution in [0.5, 0.6) is 5.88 Å². The standard InChI is InChI=1S/C17H19N3O5S2/c1-25-16(24)14-9-4-2-3-5-10(9)27-15(14)18-11(21)6-7-26-17-19-12(22)8-13(23)20-17/h8H,2-7H2,1H3,(H,18,21)(H2,19,20,22,23). The summed E-state index contributed by atoms with van der Waals surface area (Å²) >= 11 is 2.59. The lowest BCUT2D eigenvalue weighted by molar-refractivity contribution is -0.115. The zero-order chi connectivity index (χ0) is 19.4. The summed E-state index contributed by atoms with van der Waals surface area (Å²) in [4.78, 5) is 43.2. The van der Waals surface area contributed by atoms with Crippen molar-refractivity contribution in [3.05, 3.63) is 32.4 Å². The molecule has 0 spiro atoms. The third-order valence-corrected chi connectivity index (χ3v) is 6.17. The minimum atomic E-state index is -0.457. The third-order valence-electron chi connectivity index (χ3n) is 4.09. The number of ether oxygens (including phenoxy) is 1. The first-order valence-electron chi connectivity index (χ1n) is 8.43. The number of thiophene rings is 1. The molecule has 1 aliphatic rings. The molecule has 8 nitrogen and oxygen atoms in total. The fourth-order valence-corrected chi connectivity index (χ4v) is 5.00. The molecule has 0 fully saturated rings. The number of nitrogens with zero attached hydrogens (tertiary/aromatic N) is 1. The summed E-state index contributed by atoms with van der Waals surface area (Å²) in [7, 11) is 1.33. The molecule has 0 saturated heterocycles. The Bertz CT molecular complexity index is 922. The molecule has 2 aromatic rings. The van der Waals surface area contributed by atoms with Crippen LogP contribution in [0.4, 0.5) is 5.00 Å². The summed E-state index contributed by atoms with van der Waals surface area (Å²) in [5.74, 6) is -0.677. The van der Waals surface area contributed by atoms with Crippen molar-refractivity contribution in [2.45, 2.75) is 37.3 Å². The predicted molar refractivity (Wildman–Crippen MR) is 103 cm³/mol. The van der Waals surface area contributed by atoms with E-state index in [0.29, 0.717) is 16.3 Å². The number of aryl methyl sites for hydroxylation is 1. The summed E-state index contributed by atoms with van der Waals surface area (Å²) in [6, 6.07) is 0.976. The van der Waals surface area contributed by atoms with Gasteiger partial charge in [-0.3, -0.25) is 9.59 Å². The molecular weight excluding hydrogens is 390 g/mol. The van der Waals surface area contributed by atoms with Crippen molar-refractivity contribution in [2.75, 3.05) is 18.2 Å². The summed E-state index contributed by atoms with van der Waals surface area (Å²) < 4.78 is 4.89. The van der Waals surface area contributed by atoms with Gasteiger partial charge < -0.3 is 20.1 Å². The number of hydrogen-bond donors (Lipinski definition) is 3. The van der Waals surface area contributed by atoms with E-state index < -0.39 is 11.5 Å². The second kappa shape index (κ2) is 8.57. The SMILES string of the molecule is COC(=O)c1c(NC(=O)CCSc2nc(O)cc(=O)[nH]2)sc2c1CCCC2. The lowest BCUT2D eigenvalue weighted by Gasteiger charge is -2.11. The normalized spacial score (nSPS) is 13.1. The summed E-state index contributed by atoms with van der Waals surface area (Å²) in [5.41, 5.74) is 1.00. The van der Waals surface area contributed by atoms with E-state index in [0.717, 1.165) is 54.0 Å². The predicted octanol–water partition coefficient (Wildman–Crippen LogP) is 2.32. The Labute approximate surface area is 163 Å². The van der Waals surface area contributed by atoms with E-state index in [-0.39, 0.29) is 23.4 Å². The monoisotopic (exact) mass is 409 g/mol. The molecule has 3 rings (SSSR count). The van der Waals surface area contributed by atoms with Crippen LogP contribution in [0.2, 0.25) is 0 Å². The number of aromatic amines is 1. The van der Waals surface area contributed by atoms with Gasteiger partial charge in [-0.25, -0.2) is 4.79 Å². The van der Waals surface area contributed by atoms with Gasteiger partial charge in [-0.1, -0.05) is 11.8 Å². The van der Waals surface area contributed by atoms with Crippen LogP contribution >= 0.6 is 23.1 Å². The number of thioether (sulfide) groups is 1. The number of rotatable bonds is 6. The zero-order valence-corrected chi connectivity index (χ0v) is 16.3. The van der Waals surface area contributed by atoms with Crippen molar-refractivity contribution in [1.29, 1.82) is 0 Å².